The van der Waals surface area contributed by atoms with Crippen molar-refractivity contribution in [3.8, 4) is 5.75 Å². The number of nitrogens with two attached hydrogens (primary N) is 1. The van der Waals surface area contributed by atoms with Gasteiger partial charge in [0.2, 0.25) is 5.91 Å². The smallest absolute Gasteiger partial charge is 0.317 e. The van der Waals surface area contributed by atoms with Crippen LogP contribution in [0.2, 0.25) is 0 Å². The number of rotatable bonds is 6. The van der Waals surface area contributed by atoms with Crippen molar-refractivity contribution in [2.24, 2.45) is 11.7 Å². The average molecular weight is 319 g/mol. The Hall–Kier alpha value is -2.24. The van der Waals surface area contributed by atoms with Crippen molar-refractivity contribution in [1.29, 1.82) is 0 Å². The van der Waals surface area contributed by atoms with Gasteiger partial charge in [-0.25, -0.2) is 4.79 Å². The Morgan fingerprint density at radius 1 is 1.26 bits per heavy atom. The molecule has 1 heterocycles. The number of urea groups is 1. The van der Waals surface area contributed by atoms with Gasteiger partial charge in [-0.15, -0.1) is 0 Å². The minimum Gasteiger partial charge on any atom is -0.494 e. The molecule has 0 spiro atoms. The molecule has 6 heteroatoms. The third-order valence-electron chi connectivity index (χ3n) is 4.07. The fourth-order valence-corrected chi connectivity index (χ4v) is 2.57. The lowest BCUT2D eigenvalue weighted by molar-refractivity contribution is -0.123. The van der Waals surface area contributed by atoms with Crippen LogP contribution in [-0.4, -0.2) is 43.1 Å². The van der Waals surface area contributed by atoms with Gasteiger partial charge in [-0.3, -0.25) is 4.79 Å². The van der Waals surface area contributed by atoms with Crippen LogP contribution in [0.25, 0.3) is 0 Å². The quantitative estimate of drug-likeness (QED) is 0.782. The molecule has 3 N–H and O–H groups in total. The summed E-state index contributed by atoms with van der Waals surface area (Å²) in [5.74, 6) is 0.482. The predicted octanol–water partition coefficient (Wildman–Crippen LogP) is 1.67. The molecule has 0 saturated carbocycles. The summed E-state index contributed by atoms with van der Waals surface area (Å²) >= 11 is 0. The summed E-state index contributed by atoms with van der Waals surface area (Å²) < 4.78 is 5.61. The molecule has 0 bridgehead atoms. The molecule has 0 aliphatic carbocycles. The van der Waals surface area contributed by atoms with E-state index in [1.807, 2.05) is 31.2 Å². The lowest BCUT2D eigenvalue weighted by Crippen LogP contribution is -2.46. The van der Waals surface area contributed by atoms with Crippen LogP contribution in [-0.2, 0) is 4.79 Å². The van der Waals surface area contributed by atoms with E-state index in [1.54, 1.807) is 4.90 Å². The van der Waals surface area contributed by atoms with E-state index in [2.05, 4.69) is 5.32 Å². The van der Waals surface area contributed by atoms with Crippen molar-refractivity contribution >= 4 is 11.9 Å². The molecule has 1 fully saturated rings. The average Bonchev–Trinajstić information content (AvgIpc) is 2.56. The first-order chi connectivity index (χ1) is 11.1. The van der Waals surface area contributed by atoms with Gasteiger partial charge in [-0.05, 0) is 38.3 Å². The summed E-state index contributed by atoms with van der Waals surface area (Å²) in [6.07, 6.45) is 2.05. The SMILES string of the molecule is Cc1ccc(OCCCNC(=O)N2CCC(C(N)=O)CC2)cc1. The molecule has 1 aromatic carbocycles. The minimum atomic E-state index is -0.265. The van der Waals surface area contributed by atoms with Gasteiger partial charge in [0.15, 0.2) is 0 Å². The van der Waals surface area contributed by atoms with E-state index < -0.39 is 0 Å². The van der Waals surface area contributed by atoms with Gasteiger partial charge >= 0.3 is 6.03 Å². The largest absolute Gasteiger partial charge is 0.494 e. The third kappa shape index (κ3) is 5.47. The van der Waals surface area contributed by atoms with Gasteiger partial charge in [-0.1, -0.05) is 17.7 Å². The summed E-state index contributed by atoms with van der Waals surface area (Å²) in [4.78, 5) is 24.8. The molecular weight excluding hydrogens is 294 g/mol. The summed E-state index contributed by atoms with van der Waals surface area (Å²) in [5, 5.41) is 2.88. The van der Waals surface area contributed by atoms with E-state index in [1.165, 1.54) is 5.56 Å². The highest BCUT2D eigenvalue weighted by atomic mass is 16.5. The van der Waals surface area contributed by atoms with E-state index in [-0.39, 0.29) is 17.9 Å². The van der Waals surface area contributed by atoms with Crippen LogP contribution < -0.4 is 15.8 Å². The molecular formula is C17H25N3O3. The van der Waals surface area contributed by atoms with Crippen molar-refractivity contribution in [3.63, 3.8) is 0 Å². The molecule has 126 valence electrons. The van der Waals surface area contributed by atoms with Crippen LogP contribution in [0.15, 0.2) is 24.3 Å². The number of piperidine rings is 1. The Morgan fingerprint density at radius 3 is 2.52 bits per heavy atom. The molecule has 1 aliphatic heterocycles. The standard InChI is InChI=1S/C17H25N3O3/c1-13-3-5-15(6-4-13)23-12-2-9-19-17(22)20-10-7-14(8-11-20)16(18)21/h3-6,14H,2,7-12H2,1H3,(H2,18,21)(H,19,22). The molecule has 6 nitrogen and oxygen atoms in total. The first-order valence-electron chi connectivity index (χ1n) is 8.08. The lowest BCUT2D eigenvalue weighted by Gasteiger charge is -2.30. The second-order valence-corrected chi connectivity index (χ2v) is 5.91. The molecule has 2 rings (SSSR count). The first-order valence-corrected chi connectivity index (χ1v) is 8.08. The number of nitrogens with zero attached hydrogens (tertiary/aromatic N) is 1. The Morgan fingerprint density at radius 2 is 1.91 bits per heavy atom. The van der Waals surface area contributed by atoms with Crippen LogP contribution in [0.4, 0.5) is 4.79 Å². The number of nitrogens with one attached hydrogen (secondary N) is 1. The van der Waals surface area contributed by atoms with Crippen molar-refractivity contribution in [2.75, 3.05) is 26.2 Å². The maximum absolute atomic E-state index is 12.0. The molecule has 0 atom stereocenters. The van der Waals surface area contributed by atoms with E-state index in [4.69, 9.17) is 10.5 Å². The third-order valence-corrected chi connectivity index (χ3v) is 4.07. The Kier molecular flexibility index (Phi) is 6.26. The highest BCUT2D eigenvalue weighted by molar-refractivity contribution is 5.78. The number of aryl methyl sites for hydroxylation is 1. The van der Waals surface area contributed by atoms with Crippen LogP contribution in [0, 0.1) is 12.8 Å². The highest BCUT2D eigenvalue weighted by Gasteiger charge is 2.25. The number of amides is 3. The molecule has 1 saturated heterocycles. The molecule has 1 aliphatic rings. The number of carbonyl (C=O) groups is 2. The summed E-state index contributed by atoms with van der Waals surface area (Å²) in [6.45, 7) is 4.33. The van der Waals surface area contributed by atoms with Crippen molar-refractivity contribution in [1.82, 2.24) is 10.2 Å². The number of ether oxygens (including phenoxy) is 1. The summed E-state index contributed by atoms with van der Waals surface area (Å²) in [6, 6.07) is 7.82. The molecule has 3 amide bonds. The minimum absolute atomic E-state index is 0.0803. The molecule has 23 heavy (non-hydrogen) atoms. The van der Waals surface area contributed by atoms with Gasteiger partial charge in [0.25, 0.3) is 0 Å². The normalized spacial score (nSPS) is 15.3. The number of primary amides is 1. The number of hydrogen-bond donors (Lipinski definition) is 2. The number of carbonyl (C=O) groups excluding carboxylic acids is 2. The van der Waals surface area contributed by atoms with E-state index in [0.717, 1.165) is 12.2 Å². The van der Waals surface area contributed by atoms with Crippen molar-refractivity contribution < 1.29 is 14.3 Å². The van der Waals surface area contributed by atoms with Crippen molar-refractivity contribution in [2.45, 2.75) is 26.2 Å². The van der Waals surface area contributed by atoms with E-state index >= 15 is 0 Å². The summed E-state index contributed by atoms with van der Waals surface area (Å²) in [7, 11) is 0. The zero-order valence-electron chi connectivity index (χ0n) is 13.6. The van der Waals surface area contributed by atoms with Gasteiger partial charge in [0.1, 0.15) is 5.75 Å². The van der Waals surface area contributed by atoms with Gasteiger partial charge in [0, 0.05) is 25.6 Å². The number of likely N-dealkylation sites (tertiary alicyclic amines) is 1. The van der Waals surface area contributed by atoms with E-state index in [9.17, 15) is 9.59 Å². The fraction of sp³-hybridized carbons (Fsp3) is 0.529. The highest BCUT2D eigenvalue weighted by Crippen LogP contribution is 2.16. The lowest BCUT2D eigenvalue weighted by atomic mass is 9.96. The second-order valence-electron chi connectivity index (χ2n) is 5.91. The van der Waals surface area contributed by atoms with Crippen LogP contribution >= 0.6 is 0 Å². The summed E-state index contributed by atoms with van der Waals surface area (Å²) in [5.41, 5.74) is 6.49. The van der Waals surface area contributed by atoms with Crippen LogP contribution in [0.5, 0.6) is 5.75 Å². The fourth-order valence-electron chi connectivity index (χ4n) is 2.57. The maximum Gasteiger partial charge on any atom is 0.317 e. The number of hydrogen-bond acceptors (Lipinski definition) is 3. The Bertz CT molecular complexity index is 522. The Labute approximate surface area is 137 Å². The monoisotopic (exact) mass is 319 g/mol. The van der Waals surface area contributed by atoms with E-state index in [0.29, 0.717) is 39.1 Å². The molecule has 0 unspecified atom stereocenters. The zero-order valence-corrected chi connectivity index (χ0v) is 13.6. The zero-order chi connectivity index (χ0) is 16.7. The van der Waals surface area contributed by atoms with Crippen LogP contribution in [0.3, 0.4) is 0 Å². The first kappa shape index (κ1) is 17.1. The van der Waals surface area contributed by atoms with Gasteiger partial charge in [-0.2, -0.15) is 0 Å². The van der Waals surface area contributed by atoms with Crippen LogP contribution in [0.1, 0.15) is 24.8 Å². The number of benzene rings is 1. The van der Waals surface area contributed by atoms with Crippen molar-refractivity contribution in [3.05, 3.63) is 29.8 Å². The molecule has 1 aromatic rings. The predicted molar refractivity (Wildman–Crippen MR) is 88.2 cm³/mol. The second kappa shape index (κ2) is 8.41. The van der Waals surface area contributed by atoms with Gasteiger partial charge < -0.3 is 20.7 Å². The maximum atomic E-state index is 12.0. The topological polar surface area (TPSA) is 84.7 Å². The van der Waals surface area contributed by atoms with Gasteiger partial charge in [0.05, 0.1) is 6.61 Å². The molecule has 0 aromatic heterocycles. The Balaban J connectivity index is 1.58. The molecule has 0 radical (unpaired) electrons.